The first kappa shape index (κ1) is 57.2. The summed E-state index contributed by atoms with van der Waals surface area (Å²) < 4.78 is 10.2. The minimum Gasteiger partial charge on any atom is -0.481 e. The normalized spacial score (nSPS) is 12.3. The summed E-state index contributed by atoms with van der Waals surface area (Å²) in [5.41, 5.74) is 8.40. The number of aliphatic carboxylic acids is 1. The van der Waals surface area contributed by atoms with Crippen LogP contribution in [0.5, 0.6) is 0 Å². The predicted molar refractivity (Wildman–Crippen MR) is 309 cm³/mol. The topological polar surface area (TPSA) is 212 Å². The van der Waals surface area contributed by atoms with Crippen LogP contribution in [0.2, 0.25) is 0 Å². The van der Waals surface area contributed by atoms with Gasteiger partial charge in [-0.05, 0) is 146 Å². The fraction of sp³-hybridized carbons (Fsp3) is 0.254. The Labute approximate surface area is 460 Å². The third kappa shape index (κ3) is 13.5. The van der Waals surface area contributed by atoms with Crippen LogP contribution >= 0.6 is 0 Å². The summed E-state index contributed by atoms with van der Waals surface area (Å²) in [4.78, 5) is 67.4. The summed E-state index contributed by atoms with van der Waals surface area (Å²) in [6.45, 7) is 16.8. The molecule has 0 aliphatic heterocycles. The molecule has 402 valence electrons. The fourth-order valence-electron chi connectivity index (χ4n) is 8.83. The Morgan fingerprint density at radius 2 is 1.27 bits per heavy atom. The largest absolute Gasteiger partial charge is 0.481 e. The van der Waals surface area contributed by atoms with E-state index in [-0.39, 0.29) is 17.9 Å². The van der Waals surface area contributed by atoms with Gasteiger partial charge in [0.05, 0.1) is 46.0 Å². The first-order valence-corrected chi connectivity index (χ1v) is 25.6. The van der Waals surface area contributed by atoms with Crippen molar-refractivity contribution in [2.75, 3.05) is 37.9 Å². The van der Waals surface area contributed by atoms with E-state index in [9.17, 15) is 29.7 Å². The number of anilines is 2. The average Bonchev–Trinajstić information content (AvgIpc) is 4.15. The molecule has 0 aliphatic rings. The Kier molecular flexibility index (Phi) is 17.5. The number of hydrogen-bond acceptors (Lipinski definition) is 11. The van der Waals surface area contributed by atoms with Crippen molar-refractivity contribution in [3.05, 3.63) is 164 Å². The van der Waals surface area contributed by atoms with Crippen molar-refractivity contribution in [3.63, 3.8) is 0 Å². The molecule has 5 aromatic heterocycles. The predicted octanol–water partition coefficient (Wildman–Crippen LogP) is 12.3. The summed E-state index contributed by atoms with van der Waals surface area (Å²) >= 11 is 0. The van der Waals surface area contributed by atoms with E-state index in [1.54, 1.807) is 77.7 Å². The van der Waals surface area contributed by atoms with Gasteiger partial charge < -0.3 is 29.5 Å². The molecule has 2 atom stereocenters. The van der Waals surface area contributed by atoms with Crippen LogP contribution in [0.15, 0.2) is 153 Å². The van der Waals surface area contributed by atoms with E-state index in [2.05, 4.69) is 39.7 Å². The number of ether oxygens (including phenoxy) is 1. The number of likely N-dealkylation sites (N-methyl/N-ethyl adjacent to an activating group) is 2. The zero-order valence-corrected chi connectivity index (χ0v) is 46.1. The standard InChI is InChI=1S/C58H54N10O4.C5H10O2/c1-9-54(70)66(8)48-19-12-16-41(25-48)45-26-49-51(42-17-10-14-39(22-42)29-59)35-67(55(49)62-32-45)37(2)28-58(4,5)57(71)72-38(3)68-36-52(43-18-11-15-40(23-43)30-60)50-27-46(33-63-56(50)68)44-24-47(34-61-31-44)64-53(69)20-13-21-65(6)7;1-5(2,3)4(6)7/h9-20,22-27,31-38H,1,21,28H2,2-8H3,(H,64,69);1-3H3,(H,6,7)/b20-13+;. The highest BCUT2D eigenvalue weighted by Gasteiger charge is 2.34. The Morgan fingerprint density at radius 1 is 0.734 bits per heavy atom. The van der Waals surface area contributed by atoms with E-state index < -0.39 is 29.0 Å². The van der Waals surface area contributed by atoms with Crippen LogP contribution in [0.1, 0.15) is 78.3 Å². The number of esters is 1. The molecule has 3 aromatic carbocycles. The number of amides is 2. The lowest BCUT2D eigenvalue weighted by Gasteiger charge is -2.29. The Balaban J connectivity index is 0.00000121. The van der Waals surface area contributed by atoms with Crippen LogP contribution in [0.3, 0.4) is 0 Å². The first-order valence-electron chi connectivity index (χ1n) is 25.6. The molecule has 0 radical (unpaired) electrons. The Morgan fingerprint density at radius 3 is 1.82 bits per heavy atom. The van der Waals surface area contributed by atoms with E-state index >= 15 is 0 Å². The summed E-state index contributed by atoms with van der Waals surface area (Å²) in [5.74, 6) is -1.67. The highest BCUT2D eigenvalue weighted by atomic mass is 16.6. The average molecular weight is 1060 g/mol. The zero-order chi connectivity index (χ0) is 57.3. The number of carboxylic acid groups (broad SMARTS) is 1. The van der Waals surface area contributed by atoms with E-state index in [4.69, 9.17) is 19.8 Å². The highest BCUT2D eigenvalue weighted by Crippen LogP contribution is 2.40. The molecule has 0 spiro atoms. The number of carboxylic acids is 1. The monoisotopic (exact) mass is 1060 g/mol. The van der Waals surface area contributed by atoms with Crippen molar-refractivity contribution in [2.24, 2.45) is 10.8 Å². The van der Waals surface area contributed by atoms with Gasteiger partial charge in [0.2, 0.25) is 11.8 Å². The van der Waals surface area contributed by atoms with E-state index in [1.807, 2.05) is 130 Å². The smallest absolute Gasteiger partial charge is 0.313 e. The van der Waals surface area contributed by atoms with Gasteiger partial charge in [-0.1, -0.05) is 49.1 Å². The molecule has 0 saturated carbocycles. The number of aromatic nitrogens is 5. The van der Waals surface area contributed by atoms with Crippen LogP contribution in [0.25, 0.3) is 66.6 Å². The van der Waals surface area contributed by atoms with Crippen molar-refractivity contribution in [2.45, 2.75) is 67.2 Å². The van der Waals surface area contributed by atoms with Crippen LogP contribution in [-0.4, -0.2) is 85.5 Å². The molecule has 8 rings (SSSR count). The van der Waals surface area contributed by atoms with Crippen LogP contribution in [-0.2, 0) is 23.9 Å². The van der Waals surface area contributed by atoms with Crippen LogP contribution in [0.4, 0.5) is 11.4 Å². The van der Waals surface area contributed by atoms with Crippen LogP contribution in [0, 0.1) is 33.5 Å². The van der Waals surface area contributed by atoms with Gasteiger partial charge in [-0.3, -0.25) is 28.7 Å². The Hall–Kier alpha value is -9.51. The third-order valence-corrected chi connectivity index (χ3v) is 13.2. The van der Waals surface area contributed by atoms with Gasteiger partial charge in [-0.15, -0.1) is 0 Å². The summed E-state index contributed by atoms with van der Waals surface area (Å²) in [6, 6.07) is 32.5. The lowest BCUT2D eigenvalue weighted by atomic mass is 9.86. The van der Waals surface area contributed by atoms with Crippen molar-refractivity contribution >= 4 is 57.2 Å². The Bertz CT molecular complexity index is 3730. The van der Waals surface area contributed by atoms with Gasteiger partial charge in [0.15, 0.2) is 6.23 Å². The minimum atomic E-state index is -0.983. The third-order valence-electron chi connectivity index (χ3n) is 13.2. The summed E-state index contributed by atoms with van der Waals surface area (Å²) in [6.07, 6.45) is 14.9. The molecule has 8 aromatic rings. The number of nitriles is 2. The molecule has 0 bridgehead atoms. The number of fused-ring (bicyclic) bond motifs is 2. The van der Waals surface area contributed by atoms with Gasteiger partial charge in [0.1, 0.15) is 11.3 Å². The van der Waals surface area contributed by atoms with Crippen molar-refractivity contribution in [1.82, 2.24) is 29.0 Å². The maximum atomic E-state index is 14.4. The second-order valence-electron chi connectivity index (χ2n) is 21.2. The second kappa shape index (κ2) is 24.2. The first-order chi connectivity index (χ1) is 37.5. The zero-order valence-electron chi connectivity index (χ0n) is 46.1. The van der Waals surface area contributed by atoms with E-state index in [1.165, 1.54) is 17.1 Å². The quantitative estimate of drug-likeness (QED) is 0.0683. The van der Waals surface area contributed by atoms with Crippen molar-refractivity contribution in [1.29, 1.82) is 10.5 Å². The molecule has 79 heavy (non-hydrogen) atoms. The highest BCUT2D eigenvalue weighted by molar-refractivity contribution is 6.02. The van der Waals surface area contributed by atoms with Crippen molar-refractivity contribution in [3.8, 4) is 56.6 Å². The van der Waals surface area contributed by atoms with Gasteiger partial charge >= 0.3 is 11.9 Å². The number of carbonyl (C=O) groups excluding carboxylic acids is 3. The molecular formula is C63H64N10O6. The van der Waals surface area contributed by atoms with Gasteiger partial charge in [-0.2, -0.15) is 10.5 Å². The molecule has 5 heterocycles. The fourth-order valence-corrected chi connectivity index (χ4v) is 8.83. The van der Waals surface area contributed by atoms with E-state index in [0.717, 1.165) is 55.3 Å². The summed E-state index contributed by atoms with van der Waals surface area (Å²) in [5, 5.41) is 32.4. The minimum absolute atomic E-state index is 0.226. The van der Waals surface area contributed by atoms with Gasteiger partial charge in [0.25, 0.3) is 0 Å². The number of nitrogens with one attached hydrogen (secondary N) is 1. The molecule has 2 amide bonds. The number of nitrogens with zero attached hydrogens (tertiary/aromatic N) is 9. The number of hydrogen-bond donors (Lipinski definition) is 2. The molecular weight excluding hydrogens is 993 g/mol. The SMILES string of the molecule is C=CC(=O)N(C)c1cccc(-c2cnc3c(c2)c(-c2cccc(C#N)c2)cn3C(C)CC(C)(C)C(=O)OC(C)n2cc(-c3cccc(C#N)c3)c3cc(-c4cncc(NC(=O)/C=C/CN(C)C)c4)cnc32)c1.CC(C)(C)C(=O)O. The lowest BCUT2D eigenvalue weighted by molar-refractivity contribution is -0.164. The lowest BCUT2D eigenvalue weighted by Crippen LogP contribution is -2.31. The molecule has 2 unspecified atom stereocenters. The van der Waals surface area contributed by atoms with Crippen molar-refractivity contribution < 1.29 is 29.0 Å². The molecule has 0 fully saturated rings. The van der Waals surface area contributed by atoms with Crippen LogP contribution < -0.4 is 10.2 Å². The van der Waals surface area contributed by atoms with E-state index in [0.29, 0.717) is 46.8 Å². The number of rotatable bonds is 16. The van der Waals surface area contributed by atoms with Gasteiger partial charge in [-0.25, -0.2) is 9.97 Å². The van der Waals surface area contributed by atoms with Gasteiger partial charge in [0, 0.05) is 101 Å². The molecule has 16 heteroatoms. The number of benzene rings is 3. The molecule has 0 aliphatic carbocycles. The molecule has 0 saturated heterocycles. The number of pyridine rings is 3. The summed E-state index contributed by atoms with van der Waals surface area (Å²) in [7, 11) is 5.55. The second-order valence-corrected chi connectivity index (χ2v) is 21.2. The number of carbonyl (C=O) groups is 4. The molecule has 16 nitrogen and oxygen atoms in total. The maximum absolute atomic E-state index is 14.4. The molecule has 2 N–H and O–H groups in total. The maximum Gasteiger partial charge on any atom is 0.313 e.